The third kappa shape index (κ3) is 4.57. The van der Waals surface area contributed by atoms with Crippen LogP contribution in [0.5, 0.6) is 0 Å². The Hall–Kier alpha value is -1.83. The quantitative estimate of drug-likeness (QED) is 0.880. The van der Waals surface area contributed by atoms with Crippen LogP contribution in [0, 0.1) is 11.3 Å². The molecule has 10 heteroatoms. The molecule has 0 radical (unpaired) electrons. The highest BCUT2D eigenvalue weighted by molar-refractivity contribution is 7.89. The van der Waals surface area contributed by atoms with E-state index in [0.717, 1.165) is 12.1 Å². The van der Waals surface area contributed by atoms with Gasteiger partial charge in [0.25, 0.3) is 0 Å². The highest BCUT2D eigenvalue weighted by Gasteiger charge is 2.32. The number of morpholine rings is 1. The van der Waals surface area contributed by atoms with Crippen LogP contribution in [0.25, 0.3) is 0 Å². The number of rotatable bonds is 3. The number of nitriles is 1. The van der Waals surface area contributed by atoms with Gasteiger partial charge in [-0.3, -0.25) is 0 Å². The van der Waals surface area contributed by atoms with Crippen LogP contribution in [0.2, 0.25) is 0 Å². The second-order valence-electron chi connectivity index (χ2n) is 5.11. The fourth-order valence-corrected chi connectivity index (χ4v) is 3.10. The van der Waals surface area contributed by atoms with Gasteiger partial charge in [-0.2, -0.15) is 18.4 Å². The zero-order valence-electron chi connectivity index (χ0n) is 11.9. The van der Waals surface area contributed by atoms with E-state index >= 15 is 0 Å². The van der Waals surface area contributed by atoms with Crippen LogP contribution in [-0.2, 0) is 20.9 Å². The molecular formula is C13H14F3N3O3S. The number of hydrogen-bond donors (Lipinski definition) is 1. The number of benzene rings is 1. The number of anilines is 1. The summed E-state index contributed by atoms with van der Waals surface area (Å²) in [6, 6.07) is 4.62. The summed E-state index contributed by atoms with van der Waals surface area (Å²) >= 11 is 0. The first-order chi connectivity index (χ1) is 10.6. The van der Waals surface area contributed by atoms with Crippen molar-refractivity contribution in [2.45, 2.75) is 12.3 Å². The molecule has 1 aliphatic heterocycles. The lowest BCUT2D eigenvalue weighted by Gasteiger charge is -2.34. The molecule has 2 rings (SSSR count). The molecule has 1 aromatic rings. The molecule has 1 atom stereocenters. The van der Waals surface area contributed by atoms with Gasteiger partial charge in [0, 0.05) is 13.1 Å². The number of nitrogens with two attached hydrogens (primary N) is 1. The molecule has 0 aromatic heterocycles. The maximum atomic E-state index is 12.7. The Balaban J connectivity index is 2.26. The molecular weight excluding hydrogens is 335 g/mol. The van der Waals surface area contributed by atoms with Gasteiger partial charge in [-0.25, -0.2) is 13.6 Å². The lowest BCUT2D eigenvalue weighted by Crippen LogP contribution is -2.46. The SMILES string of the molecule is N#Cc1cc(C(F)(F)F)ccc1N1CCO[C@@H](CS(N)(=O)=O)C1. The zero-order valence-corrected chi connectivity index (χ0v) is 12.7. The lowest BCUT2D eigenvalue weighted by molar-refractivity contribution is -0.137. The molecule has 0 bridgehead atoms. The number of alkyl halides is 3. The molecule has 0 saturated carbocycles. The predicted molar refractivity (Wildman–Crippen MR) is 76.1 cm³/mol. The topological polar surface area (TPSA) is 96.4 Å². The van der Waals surface area contributed by atoms with Crippen LogP contribution in [-0.4, -0.2) is 40.0 Å². The predicted octanol–water partition coefficient (Wildman–Crippen LogP) is 1.07. The molecule has 0 spiro atoms. The van der Waals surface area contributed by atoms with Gasteiger partial charge >= 0.3 is 6.18 Å². The molecule has 1 saturated heterocycles. The van der Waals surface area contributed by atoms with Gasteiger partial charge in [-0.05, 0) is 18.2 Å². The summed E-state index contributed by atoms with van der Waals surface area (Å²) in [7, 11) is -3.74. The van der Waals surface area contributed by atoms with Crippen molar-refractivity contribution in [1.29, 1.82) is 5.26 Å². The van der Waals surface area contributed by atoms with Crippen LogP contribution in [0.4, 0.5) is 18.9 Å². The second-order valence-corrected chi connectivity index (χ2v) is 6.77. The molecule has 0 amide bonds. The van der Waals surface area contributed by atoms with E-state index in [1.54, 1.807) is 11.0 Å². The van der Waals surface area contributed by atoms with Gasteiger partial charge < -0.3 is 9.64 Å². The molecule has 1 fully saturated rings. The number of hydrogen-bond acceptors (Lipinski definition) is 5. The van der Waals surface area contributed by atoms with Crippen LogP contribution in [0.1, 0.15) is 11.1 Å². The average Bonchev–Trinajstić information content (AvgIpc) is 2.44. The molecule has 0 unspecified atom stereocenters. The Bertz CT molecular complexity index is 728. The standard InChI is InChI=1S/C13H14F3N3O3S/c14-13(15,16)10-1-2-12(9(5-10)6-17)19-3-4-22-11(7-19)8-23(18,20)21/h1-2,5,11H,3-4,7-8H2,(H2,18,20,21)/t11-/m1/s1. The summed E-state index contributed by atoms with van der Waals surface area (Å²) in [6.45, 7) is 0.643. The Morgan fingerprint density at radius 1 is 1.43 bits per heavy atom. The van der Waals surface area contributed by atoms with Crippen molar-refractivity contribution in [1.82, 2.24) is 0 Å². The number of halogens is 3. The number of sulfonamides is 1. The van der Waals surface area contributed by atoms with E-state index < -0.39 is 33.6 Å². The van der Waals surface area contributed by atoms with Gasteiger partial charge in [0.1, 0.15) is 6.07 Å². The Labute approximate surface area is 131 Å². The normalized spacial score (nSPS) is 19.4. The van der Waals surface area contributed by atoms with Gasteiger partial charge in [-0.15, -0.1) is 0 Å². The van der Waals surface area contributed by atoms with Crippen LogP contribution >= 0.6 is 0 Å². The fourth-order valence-electron chi connectivity index (χ4n) is 2.38. The maximum absolute atomic E-state index is 12.7. The van der Waals surface area contributed by atoms with Crippen molar-refractivity contribution in [2.75, 3.05) is 30.3 Å². The van der Waals surface area contributed by atoms with Gasteiger partial charge in [-0.1, -0.05) is 0 Å². The van der Waals surface area contributed by atoms with E-state index in [1.165, 1.54) is 6.07 Å². The molecule has 1 aromatic carbocycles. The van der Waals surface area contributed by atoms with E-state index in [9.17, 15) is 21.6 Å². The number of ether oxygens (including phenoxy) is 1. The van der Waals surface area contributed by atoms with Gasteiger partial charge in [0.2, 0.25) is 10.0 Å². The first-order valence-electron chi connectivity index (χ1n) is 6.58. The smallest absolute Gasteiger partial charge is 0.373 e. The molecule has 0 aliphatic carbocycles. The summed E-state index contributed by atoms with van der Waals surface area (Å²) in [5.74, 6) is -0.397. The summed E-state index contributed by atoms with van der Waals surface area (Å²) < 4.78 is 65.6. The summed E-state index contributed by atoms with van der Waals surface area (Å²) in [5, 5.41) is 14.1. The number of nitrogens with zero attached hydrogens (tertiary/aromatic N) is 2. The number of primary sulfonamides is 1. The average molecular weight is 349 g/mol. The Morgan fingerprint density at radius 3 is 2.70 bits per heavy atom. The van der Waals surface area contributed by atoms with E-state index in [0.29, 0.717) is 12.2 Å². The molecule has 2 N–H and O–H groups in total. The minimum Gasteiger partial charge on any atom is -0.373 e. The molecule has 1 heterocycles. The second kappa shape index (κ2) is 6.35. The third-order valence-electron chi connectivity index (χ3n) is 3.34. The largest absolute Gasteiger partial charge is 0.416 e. The summed E-state index contributed by atoms with van der Waals surface area (Å²) in [5.41, 5.74) is -0.730. The molecule has 23 heavy (non-hydrogen) atoms. The zero-order chi connectivity index (χ0) is 17.3. The minimum absolute atomic E-state index is 0.122. The van der Waals surface area contributed by atoms with Crippen molar-refractivity contribution < 1.29 is 26.3 Å². The fraction of sp³-hybridized carbons (Fsp3) is 0.462. The first-order valence-corrected chi connectivity index (χ1v) is 8.30. The Morgan fingerprint density at radius 2 is 2.13 bits per heavy atom. The minimum atomic E-state index is -4.54. The first kappa shape index (κ1) is 17.5. The van der Waals surface area contributed by atoms with E-state index in [1.807, 2.05) is 0 Å². The van der Waals surface area contributed by atoms with E-state index in [2.05, 4.69) is 0 Å². The van der Waals surface area contributed by atoms with Crippen LogP contribution in [0.15, 0.2) is 18.2 Å². The highest BCUT2D eigenvalue weighted by Crippen LogP contribution is 2.33. The molecule has 1 aliphatic rings. The highest BCUT2D eigenvalue weighted by atomic mass is 32.2. The summed E-state index contributed by atoms with van der Waals surface area (Å²) in [4.78, 5) is 1.62. The monoisotopic (exact) mass is 349 g/mol. The van der Waals surface area contributed by atoms with Gasteiger partial charge in [0.15, 0.2) is 0 Å². The van der Waals surface area contributed by atoms with Gasteiger partial charge in [0.05, 0.1) is 35.3 Å². The van der Waals surface area contributed by atoms with Crippen molar-refractivity contribution in [3.05, 3.63) is 29.3 Å². The Kier molecular flexibility index (Phi) is 4.84. The molecule has 126 valence electrons. The molecule has 6 nitrogen and oxygen atoms in total. The van der Waals surface area contributed by atoms with Crippen molar-refractivity contribution in [3.63, 3.8) is 0 Å². The van der Waals surface area contributed by atoms with Crippen molar-refractivity contribution in [3.8, 4) is 6.07 Å². The summed E-state index contributed by atoms with van der Waals surface area (Å²) in [6.07, 6.45) is -5.24. The van der Waals surface area contributed by atoms with E-state index in [4.69, 9.17) is 15.1 Å². The van der Waals surface area contributed by atoms with Crippen LogP contribution in [0.3, 0.4) is 0 Å². The van der Waals surface area contributed by atoms with Crippen molar-refractivity contribution >= 4 is 15.7 Å². The third-order valence-corrected chi connectivity index (χ3v) is 4.18. The van der Waals surface area contributed by atoms with E-state index in [-0.39, 0.29) is 18.7 Å². The van der Waals surface area contributed by atoms with Crippen LogP contribution < -0.4 is 10.0 Å². The van der Waals surface area contributed by atoms with Crippen molar-refractivity contribution in [2.24, 2.45) is 5.14 Å². The lowest BCUT2D eigenvalue weighted by atomic mass is 10.1. The maximum Gasteiger partial charge on any atom is 0.416 e.